The number of nitrogens with zero attached hydrogens (tertiary/aromatic N) is 1. The first-order chi connectivity index (χ1) is 10.5. The van der Waals surface area contributed by atoms with Crippen LogP contribution in [0.2, 0.25) is 10.0 Å². The molecule has 0 aromatic heterocycles. The minimum Gasteiger partial charge on any atom is -0.399 e. The zero-order valence-corrected chi connectivity index (χ0v) is 13.5. The molecule has 0 atom stereocenters. The van der Waals surface area contributed by atoms with Gasteiger partial charge in [-0.05, 0) is 47.4 Å². The summed E-state index contributed by atoms with van der Waals surface area (Å²) in [4.78, 5) is 14.4. The second-order valence-corrected chi connectivity index (χ2v) is 6.35. The molecule has 3 nitrogen and oxygen atoms in total. The average Bonchev–Trinajstić information content (AvgIpc) is 2.49. The van der Waals surface area contributed by atoms with Gasteiger partial charge in [0.25, 0.3) is 0 Å². The van der Waals surface area contributed by atoms with Gasteiger partial charge in [-0.2, -0.15) is 0 Å². The van der Waals surface area contributed by atoms with Crippen LogP contribution in [-0.2, 0) is 24.2 Å². The zero-order valence-electron chi connectivity index (χ0n) is 12.0. The fourth-order valence-electron chi connectivity index (χ4n) is 2.73. The Kier molecular flexibility index (Phi) is 4.27. The van der Waals surface area contributed by atoms with Crippen molar-refractivity contribution in [3.8, 4) is 0 Å². The lowest BCUT2D eigenvalue weighted by Crippen LogP contribution is -2.37. The van der Waals surface area contributed by atoms with E-state index in [0.29, 0.717) is 29.6 Å². The van der Waals surface area contributed by atoms with Gasteiger partial charge in [0.15, 0.2) is 0 Å². The zero-order chi connectivity index (χ0) is 15.7. The number of hydrogen-bond donors (Lipinski definition) is 1. The molecule has 0 saturated carbocycles. The van der Waals surface area contributed by atoms with E-state index < -0.39 is 0 Å². The van der Waals surface area contributed by atoms with Crippen molar-refractivity contribution in [1.82, 2.24) is 4.90 Å². The molecule has 2 N–H and O–H groups in total. The molecule has 0 aliphatic carbocycles. The maximum Gasteiger partial charge on any atom is 0.227 e. The van der Waals surface area contributed by atoms with Crippen molar-refractivity contribution in [2.75, 3.05) is 12.3 Å². The lowest BCUT2D eigenvalue weighted by Gasteiger charge is -2.29. The van der Waals surface area contributed by atoms with Gasteiger partial charge in [-0.15, -0.1) is 0 Å². The lowest BCUT2D eigenvalue weighted by atomic mass is 9.98. The summed E-state index contributed by atoms with van der Waals surface area (Å²) < 4.78 is 0. The Hall–Kier alpha value is -1.71. The summed E-state index contributed by atoms with van der Waals surface area (Å²) in [6, 6.07) is 11.1. The van der Waals surface area contributed by atoms with E-state index in [-0.39, 0.29) is 5.91 Å². The smallest absolute Gasteiger partial charge is 0.227 e. The molecule has 0 spiro atoms. The summed E-state index contributed by atoms with van der Waals surface area (Å²) in [7, 11) is 0. The second kappa shape index (κ2) is 6.19. The molecule has 1 amide bonds. The predicted molar refractivity (Wildman–Crippen MR) is 90.1 cm³/mol. The Morgan fingerprint density at radius 3 is 2.73 bits per heavy atom. The summed E-state index contributed by atoms with van der Waals surface area (Å²) in [5, 5.41) is 1.11. The fourth-order valence-corrected chi connectivity index (χ4v) is 3.20. The van der Waals surface area contributed by atoms with Crippen LogP contribution >= 0.6 is 23.2 Å². The monoisotopic (exact) mass is 334 g/mol. The van der Waals surface area contributed by atoms with Gasteiger partial charge in [0.2, 0.25) is 5.91 Å². The largest absolute Gasteiger partial charge is 0.399 e. The van der Waals surface area contributed by atoms with Crippen LogP contribution in [0.5, 0.6) is 0 Å². The number of nitrogens with two attached hydrogens (primary N) is 1. The van der Waals surface area contributed by atoms with Gasteiger partial charge in [0, 0.05) is 28.8 Å². The van der Waals surface area contributed by atoms with E-state index >= 15 is 0 Å². The third-order valence-electron chi connectivity index (χ3n) is 3.95. The van der Waals surface area contributed by atoms with Gasteiger partial charge in [-0.1, -0.05) is 35.3 Å². The molecule has 0 bridgehead atoms. The molecule has 22 heavy (non-hydrogen) atoms. The molecule has 1 heterocycles. The van der Waals surface area contributed by atoms with Crippen LogP contribution in [0, 0.1) is 0 Å². The van der Waals surface area contributed by atoms with Crippen molar-refractivity contribution in [3.05, 3.63) is 63.1 Å². The molecule has 5 heteroatoms. The van der Waals surface area contributed by atoms with Crippen molar-refractivity contribution in [3.63, 3.8) is 0 Å². The number of fused-ring (bicyclic) bond motifs is 1. The van der Waals surface area contributed by atoms with Gasteiger partial charge in [0.1, 0.15) is 0 Å². The Morgan fingerprint density at radius 2 is 1.95 bits per heavy atom. The van der Waals surface area contributed by atoms with Crippen LogP contribution in [0.25, 0.3) is 0 Å². The summed E-state index contributed by atoms with van der Waals surface area (Å²) in [5.74, 6) is 0.0756. The van der Waals surface area contributed by atoms with E-state index in [1.54, 1.807) is 18.2 Å². The molecule has 1 aliphatic rings. The number of rotatable bonds is 2. The van der Waals surface area contributed by atoms with Gasteiger partial charge < -0.3 is 10.6 Å². The first-order valence-corrected chi connectivity index (χ1v) is 7.87. The van der Waals surface area contributed by atoms with Crippen molar-refractivity contribution in [1.29, 1.82) is 0 Å². The lowest BCUT2D eigenvalue weighted by molar-refractivity contribution is -0.131. The van der Waals surface area contributed by atoms with E-state index in [0.717, 1.165) is 23.2 Å². The van der Waals surface area contributed by atoms with Crippen LogP contribution in [0.3, 0.4) is 0 Å². The predicted octanol–water partition coefficient (Wildman–Crippen LogP) is 3.70. The number of anilines is 1. The molecule has 0 saturated heterocycles. The van der Waals surface area contributed by atoms with Gasteiger partial charge in [-0.3, -0.25) is 4.79 Å². The summed E-state index contributed by atoms with van der Waals surface area (Å²) in [6.45, 7) is 1.33. The molecule has 2 aromatic rings. The van der Waals surface area contributed by atoms with Crippen LogP contribution in [0.15, 0.2) is 36.4 Å². The Labute approximate surface area is 139 Å². The molecule has 1 aliphatic heterocycles. The number of carbonyl (C=O) groups is 1. The molecule has 0 unspecified atom stereocenters. The minimum absolute atomic E-state index is 0.0756. The molecule has 2 aromatic carbocycles. The van der Waals surface area contributed by atoms with Crippen LogP contribution in [0.1, 0.15) is 16.7 Å². The second-order valence-electron chi connectivity index (χ2n) is 5.51. The summed E-state index contributed by atoms with van der Waals surface area (Å²) in [5.41, 5.74) is 9.77. The number of nitrogen functional groups attached to an aromatic ring is 1. The van der Waals surface area contributed by atoms with E-state index in [9.17, 15) is 4.79 Å². The normalized spacial score (nSPS) is 13.8. The summed E-state index contributed by atoms with van der Waals surface area (Å²) >= 11 is 12.0. The van der Waals surface area contributed by atoms with Gasteiger partial charge >= 0.3 is 0 Å². The van der Waals surface area contributed by atoms with Crippen molar-refractivity contribution in [2.24, 2.45) is 0 Å². The standard InChI is InChI=1S/C17H16Cl2N2O/c18-14-3-1-12(16(19)9-14)8-17(22)21-6-5-11-7-15(20)4-2-13(11)10-21/h1-4,7,9H,5-6,8,10,20H2. The maximum atomic E-state index is 12.5. The van der Waals surface area contributed by atoms with Crippen molar-refractivity contribution >= 4 is 34.8 Å². The van der Waals surface area contributed by atoms with E-state index in [1.165, 1.54) is 5.56 Å². The van der Waals surface area contributed by atoms with Crippen molar-refractivity contribution in [2.45, 2.75) is 19.4 Å². The number of halogens is 2. The van der Waals surface area contributed by atoms with Gasteiger partial charge in [0.05, 0.1) is 6.42 Å². The summed E-state index contributed by atoms with van der Waals surface area (Å²) in [6.07, 6.45) is 1.13. The topological polar surface area (TPSA) is 46.3 Å². The SMILES string of the molecule is Nc1ccc2c(c1)CCN(C(=O)Cc1ccc(Cl)cc1Cl)C2. The Morgan fingerprint density at radius 1 is 1.14 bits per heavy atom. The third kappa shape index (κ3) is 3.21. The van der Waals surface area contributed by atoms with Gasteiger partial charge in [-0.25, -0.2) is 0 Å². The highest BCUT2D eigenvalue weighted by Crippen LogP contribution is 2.24. The Bertz CT molecular complexity index is 731. The highest BCUT2D eigenvalue weighted by Gasteiger charge is 2.21. The number of benzene rings is 2. The first-order valence-electron chi connectivity index (χ1n) is 7.12. The van der Waals surface area contributed by atoms with E-state index in [4.69, 9.17) is 28.9 Å². The van der Waals surface area contributed by atoms with Crippen LogP contribution in [-0.4, -0.2) is 17.4 Å². The number of hydrogen-bond acceptors (Lipinski definition) is 2. The molecular formula is C17H16Cl2N2O. The van der Waals surface area contributed by atoms with Crippen LogP contribution < -0.4 is 5.73 Å². The molecular weight excluding hydrogens is 319 g/mol. The molecule has 3 rings (SSSR count). The van der Waals surface area contributed by atoms with Crippen molar-refractivity contribution < 1.29 is 4.79 Å². The fraction of sp³-hybridized carbons (Fsp3) is 0.235. The first kappa shape index (κ1) is 15.2. The minimum atomic E-state index is 0.0756. The molecule has 0 fully saturated rings. The van der Waals surface area contributed by atoms with E-state index in [1.807, 2.05) is 23.1 Å². The molecule has 114 valence electrons. The molecule has 0 radical (unpaired) electrons. The highest BCUT2D eigenvalue weighted by molar-refractivity contribution is 6.35. The average molecular weight is 335 g/mol. The third-order valence-corrected chi connectivity index (χ3v) is 4.54. The number of amides is 1. The highest BCUT2D eigenvalue weighted by atomic mass is 35.5. The maximum absolute atomic E-state index is 12.5. The quantitative estimate of drug-likeness (QED) is 0.851. The van der Waals surface area contributed by atoms with Crippen LogP contribution in [0.4, 0.5) is 5.69 Å². The van der Waals surface area contributed by atoms with E-state index in [2.05, 4.69) is 0 Å². The number of carbonyl (C=O) groups excluding carboxylic acids is 1. The Balaban J connectivity index is 1.72.